The number of hydrogen-bond acceptors (Lipinski definition) is 5. The van der Waals surface area contributed by atoms with Crippen molar-refractivity contribution < 1.29 is 0 Å². The van der Waals surface area contributed by atoms with Crippen LogP contribution in [0.3, 0.4) is 0 Å². The average Bonchev–Trinajstić information content (AvgIpc) is 0.938. The van der Waals surface area contributed by atoms with Crippen LogP contribution >= 0.6 is 22.7 Å². The lowest BCUT2D eigenvalue weighted by molar-refractivity contribution is 0.569. The van der Waals surface area contributed by atoms with Crippen molar-refractivity contribution in [1.29, 1.82) is 5.26 Å². The van der Waals surface area contributed by atoms with Gasteiger partial charge in [0, 0.05) is 107 Å². The zero-order chi connectivity index (χ0) is 86.9. The minimum absolute atomic E-state index is 0.0653. The summed E-state index contributed by atoms with van der Waals surface area (Å²) >= 11 is 3.75. The zero-order valence-corrected chi connectivity index (χ0v) is 75.6. The Morgan fingerprint density at radius 3 is 1.37 bits per heavy atom. The molecule has 0 amide bonds. The predicted octanol–water partition coefficient (Wildman–Crippen LogP) is 31.5. The fourth-order valence-corrected chi connectivity index (χ4v) is 23.5. The summed E-state index contributed by atoms with van der Waals surface area (Å²) in [7, 11) is 0. The monoisotopic (exact) mass is 1680 g/mol. The maximum Gasteiger partial charge on any atom is 0.252 e. The summed E-state index contributed by atoms with van der Waals surface area (Å²) in [5, 5.41) is 22.9. The Kier molecular flexibility index (Phi) is 17.1. The van der Waals surface area contributed by atoms with Gasteiger partial charge in [-0.3, -0.25) is 0 Å². The molecule has 7 heterocycles. The van der Waals surface area contributed by atoms with Crippen LogP contribution in [0.15, 0.2) is 346 Å². The first kappa shape index (κ1) is 77.3. The van der Waals surface area contributed by atoms with E-state index in [0.717, 1.165) is 134 Å². The number of thiophene rings is 2. The number of para-hydroxylation sites is 6. The van der Waals surface area contributed by atoms with Crippen LogP contribution in [-0.2, 0) is 21.7 Å². The molecule has 5 aromatic heterocycles. The second-order valence-electron chi connectivity index (χ2n) is 39.5. The van der Waals surface area contributed by atoms with E-state index >= 15 is 0 Å². The normalized spacial score (nSPS) is 13.1. The van der Waals surface area contributed by atoms with Crippen molar-refractivity contribution in [1.82, 2.24) is 13.7 Å². The van der Waals surface area contributed by atoms with Crippen molar-refractivity contribution in [3.8, 4) is 67.6 Å². The molecule has 0 saturated heterocycles. The predicted molar refractivity (Wildman–Crippen MR) is 551 cm³/mol. The molecule has 0 radical (unpaired) electrons. The van der Waals surface area contributed by atoms with Crippen molar-refractivity contribution >= 4 is 186 Å². The number of nitrogens with zero attached hydrogens (tertiary/aromatic N) is 6. The molecule has 0 aliphatic carbocycles. The molecule has 6 nitrogen and oxygen atoms in total. The lowest BCUT2D eigenvalue weighted by Gasteiger charge is -2.46. The fourth-order valence-electron chi connectivity index (χ4n) is 21.2. The highest BCUT2D eigenvalue weighted by Crippen LogP contribution is 2.57. The summed E-state index contributed by atoms with van der Waals surface area (Å²) in [5.41, 5.74) is 33.6. The van der Waals surface area contributed by atoms with E-state index in [0.29, 0.717) is 5.56 Å². The Balaban J connectivity index is 0.920. The summed E-state index contributed by atoms with van der Waals surface area (Å²) < 4.78 is 12.7. The summed E-state index contributed by atoms with van der Waals surface area (Å²) in [4.78, 5) is 5.49. The van der Waals surface area contributed by atoms with Gasteiger partial charge in [-0.1, -0.05) is 308 Å². The van der Waals surface area contributed by atoms with Crippen molar-refractivity contribution in [2.75, 3.05) is 9.80 Å². The molecule has 24 rings (SSSR count). The van der Waals surface area contributed by atoms with E-state index < -0.39 is 6.71 Å². The van der Waals surface area contributed by atoms with Gasteiger partial charge in [0.15, 0.2) is 0 Å². The third kappa shape index (κ3) is 11.9. The van der Waals surface area contributed by atoms with E-state index in [4.69, 9.17) is 0 Å². The molecule has 0 bridgehead atoms. The second kappa shape index (κ2) is 28.4. The Hall–Kier alpha value is -14.3. The molecule has 9 heteroatoms. The van der Waals surface area contributed by atoms with Gasteiger partial charge in [-0.05, 0) is 215 Å². The van der Waals surface area contributed by atoms with Crippen LogP contribution in [0.5, 0.6) is 0 Å². The van der Waals surface area contributed by atoms with E-state index in [9.17, 15) is 5.26 Å². The highest BCUT2D eigenvalue weighted by atomic mass is 32.1. The molecule has 0 atom stereocenters. The minimum Gasteiger partial charge on any atom is -0.309 e. The average molecular weight is 1680 g/mol. The van der Waals surface area contributed by atoms with Crippen LogP contribution in [0.4, 0.5) is 34.1 Å². The molecule has 2 aliphatic rings. The molecule has 128 heavy (non-hydrogen) atoms. The van der Waals surface area contributed by atoms with Crippen LogP contribution in [-0.4, -0.2) is 20.4 Å². The number of benzene rings is 17. The van der Waals surface area contributed by atoms with Crippen LogP contribution < -0.4 is 26.2 Å². The highest BCUT2D eigenvalue weighted by molar-refractivity contribution is 7.26. The number of aromatic nitrogens is 3. The van der Waals surface area contributed by atoms with Crippen molar-refractivity contribution in [2.45, 2.75) is 105 Å². The first-order valence-electron chi connectivity index (χ1n) is 44.9. The molecule has 0 spiro atoms. The van der Waals surface area contributed by atoms with E-state index in [2.05, 4.69) is 452 Å². The topological polar surface area (TPSA) is 45.1 Å². The molecule has 614 valence electrons. The Morgan fingerprint density at radius 2 is 0.742 bits per heavy atom. The highest BCUT2D eigenvalue weighted by Gasteiger charge is 2.47. The fraction of sp³-hybridized carbons (Fsp3) is 0.134. The summed E-state index contributed by atoms with van der Waals surface area (Å²) in [6, 6.07) is 135. The third-order valence-electron chi connectivity index (χ3n) is 27.6. The van der Waals surface area contributed by atoms with Crippen molar-refractivity contribution in [3.63, 3.8) is 0 Å². The van der Waals surface area contributed by atoms with E-state index in [1.807, 2.05) is 28.7 Å². The van der Waals surface area contributed by atoms with Gasteiger partial charge in [0.1, 0.15) is 0 Å². The number of hydrogen-bond donors (Lipinski definition) is 0. The van der Waals surface area contributed by atoms with Gasteiger partial charge < -0.3 is 23.5 Å². The molecule has 2 aliphatic heterocycles. The van der Waals surface area contributed by atoms with Gasteiger partial charge in [-0.2, -0.15) is 5.26 Å². The smallest absolute Gasteiger partial charge is 0.252 e. The zero-order valence-electron chi connectivity index (χ0n) is 74.0. The number of anilines is 6. The largest absolute Gasteiger partial charge is 0.309 e. The summed E-state index contributed by atoms with van der Waals surface area (Å²) in [6.07, 6.45) is 0. The Labute approximate surface area is 754 Å². The number of rotatable bonds is 9. The van der Waals surface area contributed by atoms with Gasteiger partial charge >= 0.3 is 0 Å². The molecule has 22 aromatic rings. The standard InChI is InChI=1S/C119H93BN6S2/c1-116(2,3)77-52-57-101-92(66-77)91-59-71(70-121)47-55-100(91)122(101)81-68-106-113-107(69-81)126(115-89(88-37-28-46-110-112(88)90-53-51-78(117(4,5)6)67-111(90)128-110)38-27-44-104(115)124-98-41-23-18-33-85(98)86-34-19-24-42-99(86)124)105-64-74(72-29-14-13-15-30-72)48-54-94(105)120(113)95-63-73(76-60-79(118(7,8)9)65-80(61-76)119(10,11)12)49-56-102(95)125(106)114-82(75-50-58-109-93(62-75)87-35-20-25-45-108(87)127-109)36-26-43-103(114)123-96-39-21-16-31-83(96)84-32-17-22-40-97(84)123/h13-69H,1-12H3. The van der Waals surface area contributed by atoms with Gasteiger partial charge in [-0.15, -0.1) is 22.7 Å². The quantitative estimate of drug-likeness (QED) is 0.135. The minimum atomic E-state index is -0.391. The molecular weight excluding hydrogens is 1590 g/mol. The van der Waals surface area contributed by atoms with E-state index in [-0.39, 0.29) is 21.7 Å². The summed E-state index contributed by atoms with van der Waals surface area (Å²) in [6.45, 7) is 27.6. The molecule has 0 fully saturated rings. The third-order valence-corrected chi connectivity index (χ3v) is 29.9. The van der Waals surface area contributed by atoms with Gasteiger partial charge in [0.25, 0.3) is 6.71 Å². The number of fused-ring (bicyclic) bond motifs is 19. The van der Waals surface area contributed by atoms with Crippen LogP contribution in [0.1, 0.15) is 111 Å². The van der Waals surface area contributed by atoms with E-state index in [1.54, 1.807) is 0 Å². The lowest BCUT2D eigenvalue weighted by Crippen LogP contribution is -2.61. The first-order valence-corrected chi connectivity index (χ1v) is 46.5. The molecule has 0 N–H and O–H groups in total. The van der Waals surface area contributed by atoms with Gasteiger partial charge in [0.05, 0.1) is 73.2 Å². The van der Waals surface area contributed by atoms with Crippen molar-refractivity contribution in [2.24, 2.45) is 0 Å². The lowest BCUT2D eigenvalue weighted by atomic mass is 9.33. The Morgan fingerprint density at radius 1 is 0.258 bits per heavy atom. The molecule has 17 aromatic carbocycles. The molecule has 0 unspecified atom stereocenters. The van der Waals surface area contributed by atoms with Gasteiger partial charge in [0.2, 0.25) is 0 Å². The molecular formula is C119H93BN6S2. The van der Waals surface area contributed by atoms with Crippen LogP contribution in [0, 0.1) is 11.3 Å². The summed E-state index contributed by atoms with van der Waals surface area (Å²) in [5.74, 6) is 0. The van der Waals surface area contributed by atoms with E-state index in [1.165, 1.54) is 106 Å². The van der Waals surface area contributed by atoms with Gasteiger partial charge in [-0.25, -0.2) is 0 Å². The number of nitriles is 1. The van der Waals surface area contributed by atoms with Crippen LogP contribution in [0.2, 0.25) is 0 Å². The Bertz CT molecular complexity index is 8400. The van der Waals surface area contributed by atoms with Crippen LogP contribution in [0.25, 0.3) is 167 Å². The van der Waals surface area contributed by atoms with Crippen molar-refractivity contribution in [3.05, 3.63) is 374 Å². The SMILES string of the molecule is CC(C)(C)c1cc(-c2ccc3c(c2)B2c4ccc(-c5ccccc5)cc4N(c4c(-c5cccc6sc7cc(C(C)(C)C)ccc7c56)cccc4-n4c5ccccc5c5ccccc54)c4cc(-n5c6ccc(C#N)cc6c6cc(C(C)(C)C)ccc65)cc(c42)N3c2c(-c3ccc4sc5ccccc5c4c3)cccc2-n2c3ccccc3c3ccccc32)cc(C(C)(C)C)c1. The maximum atomic E-state index is 11.1. The first-order chi connectivity index (χ1) is 62.0. The maximum absolute atomic E-state index is 11.1. The second-order valence-corrected chi connectivity index (χ2v) is 41.7. The molecule has 0 saturated carbocycles.